The minimum atomic E-state index is -0.0836. The predicted molar refractivity (Wildman–Crippen MR) is 116 cm³/mol. The van der Waals surface area contributed by atoms with E-state index in [0.717, 1.165) is 36.6 Å². The number of aryl methyl sites for hydroxylation is 1. The van der Waals surface area contributed by atoms with Gasteiger partial charge in [0.25, 0.3) is 0 Å². The fourth-order valence-electron chi connectivity index (χ4n) is 3.67. The zero-order valence-corrected chi connectivity index (χ0v) is 17.9. The van der Waals surface area contributed by atoms with Crippen LogP contribution in [0.1, 0.15) is 29.2 Å². The van der Waals surface area contributed by atoms with Gasteiger partial charge in [0.1, 0.15) is 5.82 Å². The maximum Gasteiger partial charge on any atom is 0.226 e. The zero-order valence-electron chi connectivity index (χ0n) is 14.7. The minimum Gasteiger partial charge on any atom is -0.310 e. The van der Waals surface area contributed by atoms with E-state index in [9.17, 15) is 4.79 Å². The molecule has 1 amide bonds. The fourth-order valence-corrected chi connectivity index (χ4v) is 5.35. The molecule has 0 saturated heterocycles. The van der Waals surface area contributed by atoms with Crippen LogP contribution < -0.4 is 5.32 Å². The zero-order chi connectivity index (χ0) is 19.4. The summed E-state index contributed by atoms with van der Waals surface area (Å²) < 4.78 is 3.81. The second-order valence-electron chi connectivity index (χ2n) is 6.73. The van der Waals surface area contributed by atoms with E-state index in [4.69, 9.17) is 21.7 Å². The third-order valence-electron chi connectivity index (χ3n) is 4.87. The van der Waals surface area contributed by atoms with Crippen LogP contribution in [0.5, 0.6) is 0 Å². The van der Waals surface area contributed by atoms with Crippen molar-refractivity contribution in [1.29, 1.82) is 0 Å². The monoisotopic (exact) mass is 472 g/mol. The Balaban J connectivity index is 1.68. The normalized spacial score (nSPS) is 16.2. The van der Waals surface area contributed by atoms with Gasteiger partial charge in [-0.2, -0.15) is 9.78 Å². The van der Waals surface area contributed by atoms with Crippen LogP contribution in [0.2, 0.25) is 5.02 Å². The van der Waals surface area contributed by atoms with Crippen LogP contribution in [-0.4, -0.2) is 20.7 Å². The van der Waals surface area contributed by atoms with E-state index in [1.165, 1.54) is 11.3 Å². The second-order valence-corrected chi connectivity index (χ2v) is 9.09. The van der Waals surface area contributed by atoms with E-state index in [0.29, 0.717) is 17.3 Å². The third kappa shape index (κ3) is 2.94. The molecule has 1 aliphatic heterocycles. The molecule has 1 N–H and O–H groups in total. The first-order valence-corrected chi connectivity index (χ1v) is 10.7. The number of hydrogen-bond acceptors (Lipinski definition) is 4. The maximum atomic E-state index is 12.5. The lowest BCUT2D eigenvalue weighted by atomic mass is 9.86. The van der Waals surface area contributed by atoms with Crippen molar-refractivity contribution in [2.75, 3.05) is 5.32 Å². The summed E-state index contributed by atoms with van der Waals surface area (Å²) in [4.78, 5) is 17.2. The average molecular weight is 474 g/mol. The van der Waals surface area contributed by atoms with Gasteiger partial charge < -0.3 is 5.32 Å². The summed E-state index contributed by atoms with van der Waals surface area (Å²) in [6.45, 7) is 1.97. The largest absolute Gasteiger partial charge is 0.310 e. The van der Waals surface area contributed by atoms with E-state index >= 15 is 0 Å². The van der Waals surface area contributed by atoms with Gasteiger partial charge in [0.15, 0.2) is 0 Å². The van der Waals surface area contributed by atoms with Crippen LogP contribution >= 0.6 is 38.9 Å². The molecule has 0 spiro atoms. The van der Waals surface area contributed by atoms with E-state index in [1.807, 2.05) is 49.4 Å². The van der Waals surface area contributed by atoms with Crippen LogP contribution in [-0.2, 0) is 4.79 Å². The van der Waals surface area contributed by atoms with Gasteiger partial charge in [-0.15, -0.1) is 0 Å². The van der Waals surface area contributed by atoms with Crippen molar-refractivity contribution < 1.29 is 4.79 Å². The Morgan fingerprint density at radius 2 is 2.14 bits per heavy atom. The fraction of sp³-hybridized carbons (Fsp3) is 0.150. The van der Waals surface area contributed by atoms with E-state index in [2.05, 4.69) is 21.2 Å². The third-order valence-corrected chi connectivity index (χ3v) is 6.60. The number of carbonyl (C=O) groups excluding carboxylic acids is 1. The minimum absolute atomic E-state index is 0.0394. The van der Waals surface area contributed by atoms with Gasteiger partial charge in [-0.3, -0.25) is 4.79 Å². The summed E-state index contributed by atoms with van der Waals surface area (Å²) in [7, 11) is 0. The number of benzene rings is 2. The summed E-state index contributed by atoms with van der Waals surface area (Å²) in [5, 5.41) is 9.11. The molecule has 140 valence electrons. The van der Waals surface area contributed by atoms with E-state index < -0.39 is 0 Å². The number of hydrogen-bond donors (Lipinski definition) is 1. The van der Waals surface area contributed by atoms with Gasteiger partial charge in [-0.05, 0) is 42.8 Å². The van der Waals surface area contributed by atoms with Crippen LogP contribution in [0.15, 0.2) is 46.9 Å². The molecule has 28 heavy (non-hydrogen) atoms. The number of nitrogens with zero attached hydrogens (tertiary/aromatic N) is 3. The van der Waals surface area contributed by atoms with Crippen LogP contribution in [0.25, 0.3) is 15.3 Å². The molecule has 5 rings (SSSR count). The molecule has 4 aromatic rings. The summed E-state index contributed by atoms with van der Waals surface area (Å²) >= 11 is 11.2. The number of carbonyl (C=O) groups is 1. The molecular weight excluding hydrogens is 460 g/mol. The molecule has 8 heteroatoms. The van der Waals surface area contributed by atoms with Crippen molar-refractivity contribution in [3.63, 3.8) is 0 Å². The molecule has 1 atom stereocenters. The molecule has 2 aromatic carbocycles. The number of amides is 1. The number of fused-ring (bicyclic) bond motifs is 2. The second kappa shape index (κ2) is 6.69. The summed E-state index contributed by atoms with van der Waals surface area (Å²) in [6.07, 6.45) is 0.368. The highest BCUT2D eigenvalue weighted by molar-refractivity contribution is 9.10. The Morgan fingerprint density at radius 3 is 2.96 bits per heavy atom. The van der Waals surface area contributed by atoms with Crippen molar-refractivity contribution in [3.05, 3.63) is 68.8 Å². The van der Waals surface area contributed by atoms with Gasteiger partial charge >= 0.3 is 0 Å². The molecule has 0 saturated carbocycles. The average Bonchev–Trinajstić information content (AvgIpc) is 3.21. The number of halogens is 2. The first kappa shape index (κ1) is 17.8. The molecule has 5 nitrogen and oxygen atoms in total. The van der Waals surface area contributed by atoms with Gasteiger partial charge in [-0.1, -0.05) is 51.0 Å². The lowest BCUT2D eigenvalue weighted by Crippen LogP contribution is -2.24. The first-order valence-electron chi connectivity index (χ1n) is 8.71. The number of aromatic nitrogens is 3. The molecule has 2 aromatic heterocycles. The first-order chi connectivity index (χ1) is 13.5. The lowest BCUT2D eigenvalue weighted by molar-refractivity contribution is -0.116. The molecule has 3 heterocycles. The van der Waals surface area contributed by atoms with Crippen LogP contribution in [0, 0.1) is 6.92 Å². The van der Waals surface area contributed by atoms with Gasteiger partial charge in [0.05, 0.1) is 15.9 Å². The molecular formula is C20H14BrClN4OS. The molecule has 1 aliphatic rings. The SMILES string of the molecule is Cc1nn(-c2nc3ccc(Br)cc3s2)c2c1[C@@H](c1cccc(Cl)c1)CC(=O)N2. The van der Waals surface area contributed by atoms with Gasteiger partial charge in [0, 0.05) is 27.4 Å². The molecule has 0 unspecified atom stereocenters. The van der Waals surface area contributed by atoms with Crippen molar-refractivity contribution >= 4 is 60.8 Å². The Bertz CT molecular complexity index is 1250. The standard InChI is InChI=1S/C20H14BrClN4OS/c1-10-18-14(11-3-2-4-13(22)7-11)9-17(27)24-19(18)26(25-10)20-23-15-6-5-12(21)8-16(15)28-20/h2-8,14H,9H2,1H3,(H,24,27)/t14-/m1/s1. The summed E-state index contributed by atoms with van der Waals surface area (Å²) in [5.41, 5.74) is 3.81. The Hall–Kier alpha value is -2.22. The topological polar surface area (TPSA) is 59.8 Å². The quantitative estimate of drug-likeness (QED) is 0.407. The number of nitrogens with one attached hydrogen (secondary N) is 1. The van der Waals surface area contributed by atoms with E-state index in [-0.39, 0.29) is 11.8 Å². The number of thiazole rings is 1. The maximum absolute atomic E-state index is 12.5. The van der Waals surface area contributed by atoms with Crippen LogP contribution in [0.3, 0.4) is 0 Å². The molecule has 0 fully saturated rings. The Morgan fingerprint density at radius 1 is 1.29 bits per heavy atom. The Kier molecular flexibility index (Phi) is 4.26. The number of anilines is 1. The molecule has 0 aliphatic carbocycles. The van der Waals surface area contributed by atoms with Crippen molar-refractivity contribution in [1.82, 2.24) is 14.8 Å². The van der Waals surface area contributed by atoms with Crippen molar-refractivity contribution in [2.24, 2.45) is 0 Å². The molecule has 0 radical (unpaired) electrons. The highest BCUT2D eigenvalue weighted by Gasteiger charge is 2.33. The highest BCUT2D eigenvalue weighted by atomic mass is 79.9. The summed E-state index contributed by atoms with van der Waals surface area (Å²) in [6, 6.07) is 13.6. The summed E-state index contributed by atoms with van der Waals surface area (Å²) in [5.74, 6) is 0.569. The van der Waals surface area contributed by atoms with Gasteiger partial charge in [-0.25, -0.2) is 4.98 Å². The predicted octanol–water partition coefficient (Wildman–Crippen LogP) is 5.68. The smallest absolute Gasteiger partial charge is 0.226 e. The number of rotatable bonds is 2. The highest BCUT2D eigenvalue weighted by Crippen LogP contribution is 2.41. The van der Waals surface area contributed by atoms with Crippen molar-refractivity contribution in [3.8, 4) is 5.13 Å². The van der Waals surface area contributed by atoms with Gasteiger partial charge in [0.2, 0.25) is 11.0 Å². The molecule has 0 bridgehead atoms. The van der Waals surface area contributed by atoms with E-state index in [1.54, 1.807) is 4.68 Å². The Labute approximate surface area is 178 Å². The van der Waals surface area contributed by atoms with Crippen molar-refractivity contribution in [2.45, 2.75) is 19.3 Å². The van der Waals surface area contributed by atoms with Crippen LogP contribution in [0.4, 0.5) is 5.82 Å². The lowest BCUT2D eigenvalue weighted by Gasteiger charge is -2.24.